The molecule has 1 amide bonds. The zero-order valence-electron chi connectivity index (χ0n) is 13.6. The number of amides is 1. The van der Waals surface area contributed by atoms with Crippen LogP contribution in [0.15, 0.2) is 47.2 Å². The number of nitrogens with zero attached hydrogens (tertiary/aromatic N) is 2. The maximum Gasteiger partial charge on any atom is 0.483 e. The number of hydrogen-bond donors (Lipinski definition) is 1. The molecule has 1 aromatic heterocycles. The summed E-state index contributed by atoms with van der Waals surface area (Å²) in [5, 5.41) is 9.84. The van der Waals surface area contributed by atoms with Crippen molar-refractivity contribution >= 4 is 22.7 Å². The van der Waals surface area contributed by atoms with E-state index in [9.17, 15) is 18.7 Å². The van der Waals surface area contributed by atoms with Crippen LogP contribution in [0.4, 0.5) is 14.5 Å². The maximum absolute atomic E-state index is 14.2. The molecular formula is C18H14F2N2O4. The van der Waals surface area contributed by atoms with Crippen LogP contribution >= 0.6 is 0 Å². The van der Waals surface area contributed by atoms with Crippen molar-refractivity contribution in [3.63, 3.8) is 0 Å². The van der Waals surface area contributed by atoms with Crippen LogP contribution in [0.25, 0.3) is 11.1 Å². The third-order valence-corrected chi connectivity index (χ3v) is 4.23. The lowest BCUT2D eigenvalue weighted by Crippen LogP contribution is -2.50. The molecule has 1 N–H and O–H groups in total. The van der Waals surface area contributed by atoms with E-state index >= 15 is 0 Å². The van der Waals surface area contributed by atoms with Crippen molar-refractivity contribution in [1.29, 1.82) is 0 Å². The number of aliphatic hydroxyl groups excluding tert-OH is 1. The van der Waals surface area contributed by atoms with Gasteiger partial charge in [-0.3, -0.25) is 9.69 Å². The highest BCUT2D eigenvalue weighted by Crippen LogP contribution is 2.44. The Hall–Kier alpha value is -3.00. The van der Waals surface area contributed by atoms with Gasteiger partial charge in [-0.2, -0.15) is 8.78 Å². The summed E-state index contributed by atoms with van der Waals surface area (Å²) in [6.07, 6.45) is -3.76. The number of para-hydroxylation sites is 1. The Morgan fingerprint density at radius 3 is 2.88 bits per heavy atom. The van der Waals surface area contributed by atoms with Gasteiger partial charge in [0.05, 0.1) is 18.3 Å². The van der Waals surface area contributed by atoms with Gasteiger partial charge in [0.25, 0.3) is 0 Å². The van der Waals surface area contributed by atoms with Crippen molar-refractivity contribution in [2.75, 3.05) is 4.90 Å². The van der Waals surface area contributed by atoms with E-state index in [2.05, 4.69) is 9.72 Å². The molecule has 8 heteroatoms. The molecule has 1 aliphatic heterocycles. The molecule has 0 saturated carbocycles. The van der Waals surface area contributed by atoms with Crippen molar-refractivity contribution in [1.82, 2.24) is 4.98 Å². The second-order valence-electron chi connectivity index (χ2n) is 6.04. The van der Waals surface area contributed by atoms with Gasteiger partial charge in [0.15, 0.2) is 17.7 Å². The third kappa shape index (κ3) is 2.59. The fourth-order valence-electron chi connectivity index (χ4n) is 2.97. The van der Waals surface area contributed by atoms with Gasteiger partial charge in [-0.15, -0.1) is 0 Å². The molecule has 1 aliphatic rings. The number of rotatable bonds is 3. The summed E-state index contributed by atoms with van der Waals surface area (Å²) in [6, 6.07) is 9.57. The van der Waals surface area contributed by atoms with E-state index in [-0.39, 0.29) is 23.5 Å². The summed E-state index contributed by atoms with van der Waals surface area (Å²) in [5.41, 5.74) is 2.08. The first-order chi connectivity index (χ1) is 12.4. The van der Waals surface area contributed by atoms with Crippen molar-refractivity contribution < 1.29 is 27.8 Å². The number of ether oxygens (including phenoxy) is 1. The summed E-state index contributed by atoms with van der Waals surface area (Å²) in [6.45, 7) is 1.33. The number of fused-ring (bicyclic) bond motifs is 2. The van der Waals surface area contributed by atoms with Crippen LogP contribution < -0.4 is 9.64 Å². The first-order valence-electron chi connectivity index (χ1n) is 7.89. The number of carbonyl (C=O) groups excluding carboxylic acids is 1. The van der Waals surface area contributed by atoms with Gasteiger partial charge in [0, 0.05) is 5.56 Å². The second-order valence-corrected chi connectivity index (χ2v) is 6.04. The van der Waals surface area contributed by atoms with Crippen LogP contribution in [0.5, 0.6) is 5.75 Å². The average Bonchev–Trinajstić information content (AvgIpc) is 3.05. The Labute approximate surface area is 146 Å². The van der Waals surface area contributed by atoms with Gasteiger partial charge in [-0.1, -0.05) is 18.2 Å². The Morgan fingerprint density at radius 2 is 2.12 bits per heavy atom. The predicted octanol–water partition coefficient (Wildman–Crippen LogP) is 3.40. The Bertz CT molecular complexity index is 1000. The summed E-state index contributed by atoms with van der Waals surface area (Å²) in [4.78, 5) is 17.2. The highest BCUT2D eigenvalue weighted by Gasteiger charge is 2.51. The van der Waals surface area contributed by atoms with E-state index in [1.54, 1.807) is 24.3 Å². The second kappa shape index (κ2) is 5.77. The molecule has 3 aromatic rings. The van der Waals surface area contributed by atoms with Gasteiger partial charge >= 0.3 is 12.0 Å². The van der Waals surface area contributed by atoms with Gasteiger partial charge in [0.2, 0.25) is 0 Å². The number of aromatic nitrogens is 1. The molecule has 6 nitrogen and oxygen atoms in total. The molecule has 0 bridgehead atoms. The standard InChI is InChI=1S/C18H14F2N2O4/c1-10(23)12-3-2-4-14-16(12)26-18(19,20)17(24)22(14)8-11-5-6-13-15(7-11)25-9-21-13/h2-7,9-10,23H,8H2,1H3/t10-/m0/s1. The van der Waals surface area contributed by atoms with Crippen LogP contribution in [0.2, 0.25) is 0 Å². The molecule has 0 saturated heterocycles. The van der Waals surface area contributed by atoms with Crippen LogP contribution in [-0.4, -0.2) is 22.1 Å². The minimum absolute atomic E-state index is 0.106. The SMILES string of the molecule is C[C@H](O)c1cccc2c1OC(F)(F)C(=O)N2Cc1ccc2ncoc2c1. The largest absolute Gasteiger partial charge is 0.483 e. The summed E-state index contributed by atoms with van der Waals surface area (Å²) in [7, 11) is 0. The molecule has 134 valence electrons. The third-order valence-electron chi connectivity index (χ3n) is 4.23. The smallest absolute Gasteiger partial charge is 0.443 e. The Kier molecular flexibility index (Phi) is 3.66. The van der Waals surface area contributed by atoms with Gasteiger partial charge < -0.3 is 14.3 Å². The highest BCUT2D eigenvalue weighted by molar-refractivity contribution is 6.01. The maximum atomic E-state index is 14.2. The highest BCUT2D eigenvalue weighted by atomic mass is 19.3. The normalized spacial score (nSPS) is 17.1. The number of carbonyl (C=O) groups is 1. The van der Waals surface area contributed by atoms with E-state index < -0.39 is 18.1 Å². The molecule has 0 spiro atoms. The average molecular weight is 360 g/mol. The van der Waals surface area contributed by atoms with E-state index in [1.165, 1.54) is 25.5 Å². The first-order valence-corrected chi connectivity index (χ1v) is 7.89. The van der Waals surface area contributed by atoms with Crippen LogP contribution in [0.3, 0.4) is 0 Å². The fourth-order valence-corrected chi connectivity index (χ4v) is 2.97. The zero-order valence-corrected chi connectivity index (χ0v) is 13.6. The fraction of sp³-hybridized carbons (Fsp3) is 0.222. The molecule has 2 heterocycles. The molecule has 4 rings (SSSR count). The molecule has 26 heavy (non-hydrogen) atoms. The Morgan fingerprint density at radius 1 is 1.31 bits per heavy atom. The van der Waals surface area contributed by atoms with Crippen molar-refractivity contribution in [3.8, 4) is 5.75 Å². The monoisotopic (exact) mass is 360 g/mol. The topological polar surface area (TPSA) is 75.8 Å². The van der Waals surface area contributed by atoms with Crippen LogP contribution in [-0.2, 0) is 11.3 Å². The minimum Gasteiger partial charge on any atom is -0.443 e. The first kappa shape index (κ1) is 16.5. The van der Waals surface area contributed by atoms with E-state index in [1.807, 2.05) is 0 Å². The molecule has 0 aliphatic carbocycles. The number of anilines is 1. The number of oxazole rings is 1. The number of halogens is 2. The summed E-state index contributed by atoms with van der Waals surface area (Å²) in [5.74, 6) is -1.67. The lowest BCUT2D eigenvalue weighted by Gasteiger charge is -2.35. The molecule has 2 aromatic carbocycles. The molecule has 0 radical (unpaired) electrons. The van der Waals surface area contributed by atoms with Crippen molar-refractivity contribution in [3.05, 3.63) is 53.9 Å². The predicted molar refractivity (Wildman–Crippen MR) is 87.8 cm³/mol. The van der Waals surface area contributed by atoms with E-state index in [4.69, 9.17) is 4.42 Å². The molecular weight excluding hydrogens is 346 g/mol. The Balaban J connectivity index is 1.79. The number of alkyl halides is 2. The number of hydrogen-bond acceptors (Lipinski definition) is 5. The van der Waals surface area contributed by atoms with Gasteiger partial charge in [-0.05, 0) is 30.7 Å². The summed E-state index contributed by atoms with van der Waals surface area (Å²) >= 11 is 0. The quantitative estimate of drug-likeness (QED) is 0.775. The molecule has 0 fully saturated rings. The molecule has 0 unspecified atom stereocenters. The number of aliphatic hydroxyl groups is 1. The van der Waals surface area contributed by atoms with Crippen molar-refractivity contribution in [2.45, 2.75) is 25.7 Å². The van der Waals surface area contributed by atoms with Gasteiger partial charge in [0.1, 0.15) is 5.52 Å². The minimum atomic E-state index is -4.02. The van der Waals surface area contributed by atoms with E-state index in [0.29, 0.717) is 16.7 Å². The lowest BCUT2D eigenvalue weighted by atomic mass is 10.1. The lowest BCUT2D eigenvalue weighted by molar-refractivity contribution is -0.193. The summed E-state index contributed by atoms with van der Waals surface area (Å²) < 4.78 is 38.2. The van der Waals surface area contributed by atoms with E-state index in [0.717, 1.165) is 4.90 Å². The zero-order chi connectivity index (χ0) is 18.5. The van der Waals surface area contributed by atoms with Gasteiger partial charge in [-0.25, -0.2) is 4.98 Å². The number of benzene rings is 2. The van der Waals surface area contributed by atoms with Crippen LogP contribution in [0.1, 0.15) is 24.2 Å². The molecule has 1 atom stereocenters. The van der Waals surface area contributed by atoms with Crippen molar-refractivity contribution in [2.24, 2.45) is 0 Å². The van der Waals surface area contributed by atoms with Crippen LogP contribution in [0, 0.1) is 0 Å².